The third-order valence-corrected chi connectivity index (χ3v) is 2.71. The van der Waals surface area contributed by atoms with Crippen molar-refractivity contribution < 1.29 is 14.3 Å². The molecule has 0 spiro atoms. The summed E-state index contributed by atoms with van der Waals surface area (Å²) in [5.41, 5.74) is 0. The van der Waals surface area contributed by atoms with E-state index in [4.69, 9.17) is 4.74 Å². The monoisotopic (exact) mass is 242 g/mol. The van der Waals surface area contributed by atoms with E-state index in [9.17, 15) is 9.59 Å². The molecule has 0 saturated heterocycles. The second kappa shape index (κ2) is 10.3. The number of ether oxygens (including phenoxy) is 1. The Morgan fingerprint density at radius 2 is 1.76 bits per heavy atom. The van der Waals surface area contributed by atoms with Crippen LogP contribution in [0.15, 0.2) is 0 Å². The van der Waals surface area contributed by atoms with Gasteiger partial charge in [0.05, 0.1) is 6.61 Å². The largest absolute Gasteiger partial charge is 0.466 e. The fourth-order valence-electron chi connectivity index (χ4n) is 1.82. The van der Waals surface area contributed by atoms with Crippen molar-refractivity contribution in [1.82, 2.24) is 0 Å². The smallest absolute Gasteiger partial charge is 0.306 e. The molecule has 0 aliphatic rings. The first-order valence-electron chi connectivity index (χ1n) is 6.77. The Hall–Kier alpha value is -0.860. The molecule has 17 heavy (non-hydrogen) atoms. The minimum atomic E-state index is -0.196. The van der Waals surface area contributed by atoms with E-state index < -0.39 is 0 Å². The zero-order valence-electron chi connectivity index (χ0n) is 11.5. The molecule has 0 N–H and O–H groups in total. The van der Waals surface area contributed by atoms with Crippen LogP contribution in [0.2, 0.25) is 0 Å². The van der Waals surface area contributed by atoms with E-state index in [0.29, 0.717) is 25.9 Å². The average Bonchev–Trinajstić information content (AvgIpc) is 2.24. The van der Waals surface area contributed by atoms with Gasteiger partial charge in [0.1, 0.15) is 5.78 Å². The maximum absolute atomic E-state index is 11.6. The predicted octanol–water partition coefficient (Wildman–Crippen LogP) is 3.51. The first-order valence-corrected chi connectivity index (χ1v) is 6.77. The highest BCUT2D eigenvalue weighted by atomic mass is 16.5. The molecular formula is C14H26O3. The third kappa shape index (κ3) is 10.0. The lowest BCUT2D eigenvalue weighted by Crippen LogP contribution is -2.12. The molecule has 3 nitrogen and oxygen atoms in total. The van der Waals surface area contributed by atoms with E-state index in [1.54, 1.807) is 6.92 Å². The summed E-state index contributed by atoms with van der Waals surface area (Å²) in [6.45, 7) is 6.29. The van der Waals surface area contributed by atoms with Crippen LogP contribution in [-0.2, 0) is 14.3 Å². The highest BCUT2D eigenvalue weighted by Crippen LogP contribution is 2.12. The van der Waals surface area contributed by atoms with E-state index in [1.165, 1.54) is 12.8 Å². The van der Waals surface area contributed by atoms with Gasteiger partial charge in [-0.25, -0.2) is 0 Å². The maximum atomic E-state index is 11.6. The van der Waals surface area contributed by atoms with Crippen LogP contribution >= 0.6 is 0 Å². The summed E-state index contributed by atoms with van der Waals surface area (Å²) in [7, 11) is 0. The number of esters is 1. The van der Waals surface area contributed by atoms with Crippen molar-refractivity contribution in [3.63, 3.8) is 0 Å². The Balaban J connectivity index is 3.61. The number of hydrogen-bond acceptors (Lipinski definition) is 3. The normalized spacial score (nSPS) is 12.2. The number of Topliss-reactive ketones (excluding diaryl/α,β-unsaturated/α-hetero) is 1. The Morgan fingerprint density at radius 3 is 2.35 bits per heavy atom. The van der Waals surface area contributed by atoms with Gasteiger partial charge in [0.2, 0.25) is 0 Å². The molecule has 0 rings (SSSR count). The number of ketones is 1. The number of carbonyl (C=O) groups is 2. The predicted molar refractivity (Wildman–Crippen MR) is 68.8 cm³/mol. The fourth-order valence-corrected chi connectivity index (χ4v) is 1.82. The van der Waals surface area contributed by atoms with E-state index >= 15 is 0 Å². The van der Waals surface area contributed by atoms with E-state index in [-0.39, 0.29) is 17.7 Å². The third-order valence-electron chi connectivity index (χ3n) is 2.71. The first kappa shape index (κ1) is 16.1. The Bertz CT molecular complexity index is 224. The molecule has 0 bridgehead atoms. The standard InChI is InChI=1S/C14H26O3/c1-4-6-7-8-9-13(15)10-12(3)11-14(16)17-5-2/h12H,4-11H2,1-3H3. The van der Waals surface area contributed by atoms with Gasteiger partial charge >= 0.3 is 5.97 Å². The number of unbranched alkanes of at least 4 members (excludes halogenated alkanes) is 3. The SMILES string of the molecule is CCCCCCC(=O)CC(C)CC(=O)OCC. The molecular weight excluding hydrogens is 216 g/mol. The molecule has 100 valence electrons. The average molecular weight is 242 g/mol. The van der Waals surface area contributed by atoms with Gasteiger partial charge in [-0.3, -0.25) is 9.59 Å². The summed E-state index contributed by atoms with van der Waals surface area (Å²) in [5.74, 6) is 0.185. The van der Waals surface area contributed by atoms with E-state index in [2.05, 4.69) is 6.92 Å². The Labute approximate surface area is 105 Å². The quantitative estimate of drug-likeness (QED) is 0.435. The molecule has 0 amide bonds. The summed E-state index contributed by atoms with van der Waals surface area (Å²) in [6, 6.07) is 0. The minimum Gasteiger partial charge on any atom is -0.466 e. The molecule has 0 aromatic heterocycles. The van der Waals surface area contributed by atoms with Crippen LogP contribution in [0.25, 0.3) is 0 Å². The zero-order chi connectivity index (χ0) is 13.1. The lowest BCUT2D eigenvalue weighted by atomic mass is 9.98. The topological polar surface area (TPSA) is 43.4 Å². The van der Waals surface area contributed by atoms with Crippen molar-refractivity contribution in [3.05, 3.63) is 0 Å². The van der Waals surface area contributed by atoms with Crippen LogP contribution in [0.1, 0.15) is 65.7 Å². The van der Waals surface area contributed by atoms with Gasteiger partial charge < -0.3 is 4.74 Å². The molecule has 0 heterocycles. The molecule has 0 aromatic carbocycles. The second-order valence-electron chi connectivity index (χ2n) is 4.67. The van der Waals surface area contributed by atoms with Gasteiger partial charge in [-0.1, -0.05) is 33.1 Å². The highest BCUT2D eigenvalue weighted by Gasteiger charge is 2.13. The van der Waals surface area contributed by atoms with Gasteiger partial charge in [0, 0.05) is 19.3 Å². The van der Waals surface area contributed by atoms with Crippen molar-refractivity contribution in [2.45, 2.75) is 65.7 Å². The lowest BCUT2D eigenvalue weighted by Gasteiger charge is -2.09. The number of rotatable bonds is 10. The lowest BCUT2D eigenvalue weighted by molar-refractivity contribution is -0.144. The summed E-state index contributed by atoms with van der Waals surface area (Å²) >= 11 is 0. The Kier molecular flexibility index (Phi) is 9.78. The fraction of sp³-hybridized carbons (Fsp3) is 0.857. The van der Waals surface area contributed by atoms with Crippen molar-refractivity contribution >= 4 is 11.8 Å². The van der Waals surface area contributed by atoms with E-state index in [1.807, 2.05) is 6.92 Å². The van der Waals surface area contributed by atoms with Crippen molar-refractivity contribution in [2.24, 2.45) is 5.92 Å². The van der Waals surface area contributed by atoms with Gasteiger partial charge in [-0.2, -0.15) is 0 Å². The van der Waals surface area contributed by atoms with Crippen molar-refractivity contribution in [3.8, 4) is 0 Å². The van der Waals surface area contributed by atoms with Crippen LogP contribution in [0.4, 0.5) is 0 Å². The summed E-state index contributed by atoms with van der Waals surface area (Å²) in [4.78, 5) is 22.8. The molecule has 1 unspecified atom stereocenters. The molecule has 0 radical (unpaired) electrons. The molecule has 0 fully saturated rings. The van der Waals surface area contributed by atoms with Crippen LogP contribution in [0, 0.1) is 5.92 Å². The van der Waals surface area contributed by atoms with Gasteiger partial charge in [0.15, 0.2) is 0 Å². The zero-order valence-corrected chi connectivity index (χ0v) is 11.5. The summed E-state index contributed by atoms with van der Waals surface area (Å²) in [5, 5.41) is 0. The summed E-state index contributed by atoms with van der Waals surface area (Å²) in [6.07, 6.45) is 6.03. The first-order chi connectivity index (χ1) is 8.10. The van der Waals surface area contributed by atoms with Crippen molar-refractivity contribution in [2.75, 3.05) is 6.61 Å². The number of carbonyl (C=O) groups excluding carboxylic acids is 2. The molecule has 0 aliphatic carbocycles. The van der Waals surface area contributed by atoms with Crippen LogP contribution in [-0.4, -0.2) is 18.4 Å². The Morgan fingerprint density at radius 1 is 1.06 bits per heavy atom. The minimum absolute atomic E-state index is 0.104. The van der Waals surface area contributed by atoms with Crippen LogP contribution in [0.5, 0.6) is 0 Å². The maximum Gasteiger partial charge on any atom is 0.306 e. The molecule has 0 saturated carbocycles. The molecule has 1 atom stereocenters. The van der Waals surface area contributed by atoms with Crippen LogP contribution in [0.3, 0.4) is 0 Å². The van der Waals surface area contributed by atoms with E-state index in [0.717, 1.165) is 12.8 Å². The second-order valence-corrected chi connectivity index (χ2v) is 4.67. The van der Waals surface area contributed by atoms with Gasteiger partial charge in [-0.15, -0.1) is 0 Å². The van der Waals surface area contributed by atoms with Gasteiger partial charge in [-0.05, 0) is 19.3 Å². The highest BCUT2D eigenvalue weighted by molar-refractivity contribution is 5.79. The molecule has 3 heteroatoms. The molecule has 0 aliphatic heterocycles. The summed E-state index contributed by atoms with van der Waals surface area (Å²) < 4.78 is 4.86. The van der Waals surface area contributed by atoms with Crippen LogP contribution < -0.4 is 0 Å². The van der Waals surface area contributed by atoms with Gasteiger partial charge in [0.25, 0.3) is 0 Å². The number of hydrogen-bond donors (Lipinski definition) is 0. The van der Waals surface area contributed by atoms with Crippen molar-refractivity contribution in [1.29, 1.82) is 0 Å². The molecule has 0 aromatic rings.